The Morgan fingerprint density at radius 1 is 1.50 bits per heavy atom. The SMILES string of the molecule is C=C(C)Cc1cc[c]cc1. The van der Waals surface area contributed by atoms with Crippen molar-refractivity contribution in [2.24, 2.45) is 0 Å². The van der Waals surface area contributed by atoms with E-state index in [4.69, 9.17) is 0 Å². The molecule has 0 amide bonds. The van der Waals surface area contributed by atoms with Gasteiger partial charge in [0.2, 0.25) is 0 Å². The summed E-state index contributed by atoms with van der Waals surface area (Å²) in [5, 5.41) is 0. The van der Waals surface area contributed by atoms with Gasteiger partial charge in [0, 0.05) is 0 Å². The van der Waals surface area contributed by atoms with Crippen molar-refractivity contribution in [1.82, 2.24) is 0 Å². The van der Waals surface area contributed by atoms with Gasteiger partial charge in [-0.15, -0.1) is 0 Å². The van der Waals surface area contributed by atoms with Crippen molar-refractivity contribution >= 4 is 0 Å². The number of hydrogen-bond acceptors (Lipinski definition) is 0. The highest BCUT2D eigenvalue weighted by Crippen LogP contribution is 2.03. The van der Waals surface area contributed by atoms with Gasteiger partial charge >= 0.3 is 0 Å². The van der Waals surface area contributed by atoms with Gasteiger partial charge in [0.15, 0.2) is 0 Å². The largest absolute Gasteiger partial charge is 0.0998 e. The van der Waals surface area contributed by atoms with Gasteiger partial charge in [-0.3, -0.25) is 0 Å². The molecule has 10 heavy (non-hydrogen) atoms. The average molecular weight is 131 g/mol. The monoisotopic (exact) mass is 131 g/mol. The first kappa shape index (κ1) is 7.07. The highest BCUT2D eigenvalue weighted by atomic mass is 13.9. The van der Waals surface area contributed by atoms with E-state index in [1.54, 1.807) is 0 Å². The van der Waals surface area contributed by atoms with Gasteiger partial charge < -0.3 is 0 Å². The summed E-state index contributed by atoms with van der Waals surface area (Å²) in [7, 11) is 0. The minimum Gasteiger partial charge on any atom is -0.0998 e. The normalized spacial score (nSPS) is 9.30. The van der Waals surface area contributed by atoms with Crippen LogP contribution in [0.1, 0.15) is 12.5 Å². The fraction of sp³-hybridized carbons (Fsp3) is 0.200. The molecule has 0 aliphatic rings. The standard InChI is InChI=1S/C10H11/c1-9(2)8-10-6-4-3-5-7-10/h4-7H,1,8H2,2H3. The molecule has 1 aromatic rings. The quantitative estimate of drug-likeness (QED) is 0.541. The molecule has 0 spiro atoms. The van der Waals surface area contributed by atoms with E-state index in [0.29, 0.717) is 0 Å². The van der Waals surface area contributed by atoms with E-state index in [0.717, 1.165) is 6.42 Å². The molecule has 0 aliphatic heterocycles. The van der Waals surface area contributed by atoms with Crippen molar-refractivity contribution in [2.75, 3.05) is 0 Å². The second-order valence-corrected chi connectivity index (χ2v) is 2.54. The summed E-state index contributed by atoms with van der Waals surface area (Å²) in [6.07, 6.45) is 0.981. The summed E-state index contributed by atoms with van der Waals surface area (Å²) in [6.45, 7) is 5.88. The molecular weight excluding hydrogens is 120 g/mol. The summed E-state index contributed by atoms with van der Waals surface area (Å²) in [5.74, 6) is 0. The Labute approximate surface area is 62.2 Å². The predicted octanol–water partition coefficient (Wildman–Crippen LogP) is 2.61. The fourth-order valence-corrected chi connectivity index (χ4v) is 0.888. The van der Waals surface area contributed by atoms with E-state index in [2.05, 4.69) is 24.8 Å². The summed E-state index contributed by atoms with van der Waals surface area (Å²) >= 11 is 0. The van der Waals surface area contributed by atoms with Crippen LogP contribution in [0.2, 0.25) is 0 Å². The third-order valence-electron chi connectivity index (χ3n) is 1.29. The molecule has 0 saturated carbocycles. The average Bonchev–Trinajstić information content (AvgIpc) is 1.88. The van der Waals surface area contributed by atoms with Gasteiger partial charge in [-0.1, -0.05) is 36.4 Å². The Hall–Kier alpha value is -1.04. The van der Waals surface area contributed by atoms with Crippen molar-refractivity contribution in [3.63, 3.8) is 0 Å². The maximum absolute atomic E-state index is 3.84. The van der Waals surface area contributed by atoms with Crippen LogP contribution in [0.5, 0.6) is 0 Å². The fourth-order valence-electron chi connectivity index (χ4n) is 0.888. The van der Waals surface area contributed by atoms with Crippen molar-refractivity contribution < 1.29 is 0 Å². The van der Waals surface area contributed by atoms with Gasteiger partial charge in [0.1, 0.15) is 0 Å². The van der Waals surface area contributed by atoms with E-state index < -0.39 is 0 Å². The molecule has 0 bridgehead atoms. The molecule has 1 rings (SSSR count). The van der Waals surface area contributed by atoms with E-state index in [-0.39, 0.29) is 0 Å². The molecule has 0 heterocycles. The Bertz CT molecular complexity index is 209. The van der Waals surface area contributed by atoms with E-state index in [9.17, 15) is 0 Å². The topological polar surface area (TPSA) is 0 Å². The van der Waals surface area contributed by atoms with Crippen molar-refractivity contribution in [1.29, 1.82) is 0 Å². The smallest absolute Gasteiger partial charge is 0.00726 e. The second-order valence-electron chi connectivity index (χ2n) is 2.54. The zero-order valence-electron chi connectivity index (χ0n) is 6.22. The summed E-state index contributed by atoms with van der Waals surface area (Å²) < 4.78 is 0. The molecule has 0 saturated heterocycles. The minimum atomic E-state index is 0.981. The first-order valence-electron chi connectivity index (χ1n) is 3.38. The van der Waals surface area contributed by atoms with Gasteiger partial charge in [-0.2, -0.15) is 0 Å². The summed E-state index contributed by atoms with van der Waals surface area (Å²) in [4.78, 5) is 0. The van der Waals surface area contributed by atoms with E-state index >= 15 is 0 Å². The highest BCUT2D eigenvalue weighted by molar-refractivity contribution is 5.18. The van der Waals surface area contributed by atoms with Crippen molar-refractivity contribution in [3.8, 4) is 0 Å². The van der Waals surface area contributed by atoms with E-state index in [1.807, 2.05) is 19.1 Å². The first-order chi connectivity index (χ1) is 4.79. The molecule has 1 aromatic carbocycles. The number of allylic oxidation sites excluding steroid dienone is 1. The lowest BCUT2D eigenvalue weighted by Crippen LogP contribution is -1.82. The molecule has 0 N–H and O–H groups in total. The Balaban J connectivity index is 2.67. The van der Waals surface area contributed by atoms with Gasteiger partial charge in [0.25, 0.3) is 0 Å². The van der Waals surface area contributed by atoms with Gasteiger partial charge in [-0.25, -0.2) is 0 Å². The molecule has 1 radical (unpaired) electrons. The van der Waals surface area contributed by atoms with Crippen LogP contribution in [0.25, 0.3) is 0 Å². The van der Waals surface area contributed by atoms with Gasteiger partial charge in [-0.05, 0) is 25.0 Å². The molecule has 0 nitrogen and oxygen atoms in total. The molecule has 0 aliphatic carbocycles. The van der Waals surface area contributed by atoms with Crippen molar-refractivity contribution in [3.05, 3.63) is 48.0 Å². The maximum atomic E-state index is 3.84. The highest BCUT2D eigenvalue weighted by Gasteiger charge is 1.88. The third-order valence-corrected chi connectivity index (χ3v) is 1.29. The molecular formula is C10H11. The van der Waals surface area contributed by atoms with Gasteiger partial charge in [0.05, 0.1) is 0 Å². The predicted molar refractivity (Wildman–Crippen MR) is 43.8 cm³/mol. The summed E-state index contributed by atoms with van der Waals surface area (Å²) in [5.41, 5.74) is 2.51. The molecule has 0 aromatic heterocycles. The number of rotatable bonds is 2. The second kappa shape index (κ2) is 3.21. The maximum Gasteiger partial charge on any atom is -0.00726 e. The Kier molecular flexibility index (Phi) is 2.27. The lowest BCUT2D eigenvalue weighted by atomic mass is 10.1. The number of hydrogen-bond donors (Lipinski definition) is 0. The van der Waals surface area contributed by atoms with Crippen LogP contribution in [-0.2, 0) is 6.42 Å². The van der Waals surface area contributed by atoms with E-state index in [1.165, 1.54) is 11.1 Å². The van der Waals surface area contributed by atoms with Crippen LogP contribution in [-0.4, -0.2) is 0 Å². The minimum absolute atomic E-state index is 0.981. The lowest BCUT2D eigenvalue weighted by Gasteiger charge is -1.97. The summed E-state index contributed by atoms with van der Waals surface area (Å²) in [6, 6.07) is 11.0. The molecule has 0 heteroatoms. The first-order valence-corrected chi connectivity index (χ1v) is 3.38. The van der Waals surface area contributed by atoms with Crippen LogP contribution in [0.3, 0.4) is 0 Å². The lowest BCUT2D eigenvalue weighted by molar-refractivity contribution is 1.15. The zero-order chi connectivity index (χ0) is 7.40. The Morgan fingerprint density at radius 2 is 2.10 bits per heavy atom. The zero-order valence-corrected chi connectivity index (χ0v) is 6.22. The van der Waals surface area contributed by atoms with Crippen LogP contribution >= 0.6 is 0 Å². The molecule has 0 fully saturated rings. The third kappa shape index (κ3) is 2.06. The Morgan fingerprint density at radius 3 is 2.60 bits per heavy atom. The molecule has 51 valence electrons. The van der Waals surface area contributed by atoms with Crippen LogP contribution < -0.4 is 0 Å². The van der Waals surface area contributed by atoms with Crippen LogP contribution in [0.4, 0.5) is 0 Å². The molecule has 0 atom stereocenters. The van der Waals surface area contributed by atoms with Crippen LogP contribution in [0.15, 0.2) is 36.4 Å². The molecule has 0 unspecified atom stereocenters. The van der Waals surface area contributed by atoms with Crippen LogP contribution in [0, 0.1) is 6.07 Å². The number of benzene rings is 1. The van der Waals surface area contributed by atoms with Crippen molar-refractivity contribution in [2.45, 2.75) is 13.3 Å².